The highest BCUT2D eigenvalue weighted by molar-refractivity contribution is 7.94. The van der Waals surface area contributed by atoms with Gasteiger partial charge in [-0.25, -0.2) is 13.2 Å². The van der Waals surface area contributed by atoms with Gasteiger partial charge in [-0.05, 0) is 25.0 Å². The zero-order valence-electron chi connectivity index (χ0n) is 17.6. The first-order chi connectivity index (χ1) is 15.2. The molecule has 2 saturated heterocycles. The lowest BCUT2D eigenvalue weighted by Gasteiger charge is -2.36. The highest BCUT2D eigenvalue weighted by Gasteiger charge is 2.74. The average molecular weight is 458 g/mol. The van der Waals surface area contributed by atoms with Crippen molar-refractivity contribution < 1.29 is 32.3 Å². The van der Waals surface area contributed by atoms with Crippen molar-refractivity contribution in [2.45, 2.75) is 42.5 Å². The van der Waals surface area contributed by atoms with Crippen LogP contribution in [0.25, 0.3) is 0 Å². The molecule has 32 heavy (non-hydrogen) atoms. The second kappa shape index (κ2) is 8.05. The third-order valence-electron chi connectivity index (χ3n) is 6.04. The van der Waals surface area contributed by atoms with E-state index >= 15 is 0 Å². The molecule has 2 heterocycles. The summed E-state index contributed by atoms with van der Waals surface area (Å²) in [5, 5.41) is -1.24. The molecule has 1 unspecified atom stereocenters. The molecule has 2 aliphatic rings. The van der Waals surface area contributed by atoms with Crippen molar-refractivity contribution in [3.05, 3.63) is 71.8 Å². The summed E-state index contributed by atoms with van der Waals surface area (Å²) in [6.07, 6.45) is -1.13. The quantitative estimate of drug-likeness (QED) is 0.482. The van der Waals surface area contributed by atoms with Crippen molar-refractivity contribution in [2.24, 2.45) is 0 Å². The lowest BCUT2D eigenvalue weighted by Crippen LogP contribution is -2.59. The van der Waals surface area contributed by atoms with Crippen LogP contribution in [-0.4, -0.2) is 53.9 Å². The van der Waals surface area contributed by atoms with Gasteiger partial charge in [-0.2, -0.15) is 0 Å². The van der Waals surface area contributed by atoms with E-state index in [4.69, 9.17) is 9.47 Å². The molecule has 0 aliphatic carbocycles. The molecular weight excluding hydrogens is 434 g/mol. The van der Waals surface area contributed by atoms with Crippen molar-refractivity contribution >= 4 is 27.7 Å². The number of hydrogen-bond donors (Lipinski definition) is 0. The summed E-state index contributed by atoms with van der Waals surface area (Å²) in [7, 11) is -4.21. The average Bonchev–Trinajstić information content (AvgIpc) is 2.94. The molecule has 168 valence electrons. The van der Waals surface area contributed by atoms with Gasteiger partial charge in [0.25, 0.3) is 0 Å². The molecule has 0 spiro atoms. The minimum absolute atomic E-state index is 0.0685. The number of β-lactam (4-membered cyclic amide) rings is 1. The van der Waals surface area contributed by atoms with Crippen LogP contribution in [0.2, 0.25) is 0 Å². The third kappa shape index (κ3) is 3.19. The van der Waals surface area contributed by atoms with Gasteiger partial charge in [0, 0.05) is 0 Å². The van der Waals surface area contributed by atoms with Crippen LogP contribution < -0.4 is 0 Å². The lowest BCUT2D eigenvalue weighted by atomic mass is 9.95. The van der Waals surface area contributed by atoms with Gasteiger partial charge in [0.15, 0.2) is 26.7 Å². The normalized spacial score (nSPS) is 25.7. The summed E-state index contributed by atoms with van der Waals surface area (Å²) in [4.78, 5) is 39.5. The Morgan fingerprint density at radius 1 is 1.06 bits per heavy atom. The van der Waals surface area contributed by atoms with Crippen LogP contribution in [0.1, 0.15) is 37.5 Å². The Bertz CT molecular complexity index is 1110. The molecule has 0 saturated carbocycles. The maximum absolute atomic E-state index is 13.5. The fourth-order valence-electron chi connectivity index (χ4n) is 4.28. The number of rotatable bonds is 6. The van der Waals surface area contributed by atoms with E-state index in [1.807, 2.05) is 12.1 Å². The first kappa shape index (κ1) is 22.0. The fraction of sp³-hybridized carbons (Fsp3) is 0.348. The summed E-state index contributed by atoms with van der Waals surface area (Å²) in [6, 6.07) is 16.3. The van der Waals surface area contributed by atoms with Crippen LogP contribution in [0.3, 0.4) is 0 Å². The van der Waals surface area contributed by atoms with E-state index in [0.29, 0.717) is 11.1 Å². The van der Waals surface area contributed by atoms with E-state index in [1.165, 1.54) is 6.92 Å². The topological polar surface area (TPSA) is 107 Å². The molecule has 8 nitrogen and oxygen atoms in total. The summed E-state index contributed by atoms with van der Waals surface area (Å²) in [6.45, 7) is 2.61. The molecule has 2 aliphatic heterocycles. The maximum atomic E-state index is 13.5. The largest absolute Gasteiger partial charge is 0.465 e. The molecule has 2 fully saturated rings. The molecule has 3 atom stereocenters. The van der Waals surface area contributed by atoms with E-state index in [1.54, 1.807) is 48.5 Å². The Morgan fingerprint density at radius 3 is 2.06 bits per heavy atom. The first-order valence-corrected chi connectivity index (χ1v) is 11.8. The zero-order valence-corrected chi connectivity index (χ0v) is 18.4. The highest BCUT2D eigenvalue weighted by Crippen LogP contribution is 2.47. The second-order valence-corrected chi connectivity index (χ2v) is 10.4. The van der Waals surface area contributed by atoms with E-state index in [0.717, 1.165) is 11.8 Å². The lowest BCUT2D eigenvalue weighted by molar-refractivity contribution is -0.168. The van der Waals surface area contributed by atoms with Crippen LogP contribution in [0.5, 0.6) is 0 Å². The summed E-state index contributed by atoms with van der Waals surface area (Å²) in [5.74, 6) is -2.57. The predicted molar refractivity (Wildman–Crippen MR) is 114 cm³/mol. The van der Waals surface area contributed by atoms with Gasteiger partial charge in [-0.1, -0.05) is 60.7 Å². The van der Waals surface area contributed by atoms with E-state index in [9.17, 15) is 22.8 Å². The number of benzene rings is 2. The number of hydrogen-bond acceptors (Lipinski definition) is 7. The number of carbonyl (C=O) groups is 3. The number of ether oxygens (including phenoxy) is 2. The van der Waals surface area contributed by atoms with Crippen molar-refractivity contribution in [3.63, 3.8) is 0 Å². The molecule has 2 aromatic carbocycles. The number of sulfone groups is 1. The SMILES string of the molecule is CCOC(=O)[C@@]1(C)[C@H](C(=O)OC(c2ccccc2)c2ccccc2)N2C(=O)CC2S1(=O)=O. The Labute approximate surface area is 186 Å². The van der Waals surface area contributed by atoms with Gasteiger partial charge >= 0.3 is 11.9 Å². The summed E-state index contributed by atoms with van der Waals surface area (Å²) < 4.78 is 34.9. The van der Waals surface area contributed by atoms with Crippen molar-refractivity contribution in [3.8, 4) is 0 Å². The maximum Gasteiger partial charge on any atom is 0.332 e. The van der Waals surface area contributed by atoms with E-state index in [-0.39, 0.29) is 13.0 Å². The first-order valence-electron chi connectivity index (χ1n) is 10.3. The molecule has 4 rings (SSSR count). The molecule has 0 radical (unpaired) electrons. The monoisotopic (exact) mass is 457 g/mol. The number of fused-ring (bicyclic) bond motifs is 1. The summed E-state index contributed by atoms with van der Waals surface area (Å²) in [5.41, 5.74) is 1.33. The van der Waals surface area contributed by atoms with Crippen LogP contribution in [0, 0.1) is 0 Å². The number of esters is 2. The molecule has 0 aromatic heterocycles. The Balaban J connectivity index is 1.75. The van der Waals surface area contributed by atoms with Gasteiger partial charge in [-0.3, -0.25) is 9.59 Å². The minimum Gasteiger partial charge on any atom is -0.465 e. The molecule has 0 N–H and O–H groups in total. The van der Waals surface area contributed by atoms with Crippen LogP contribution in [0.4, 0.5) is 0 Å². The molecule has 2 aromatic rings. The van der Waals surface area contributed by atoms with E-state index in [2.05, 4.69) is 0 Å². The van der Waals surface area contributed by atoms with Crippen LogP contribution in [0.15, 0.2) is 60.7 Å². The van der Waals surface area contributed by atoms with Gasteiger partial charge in [0.05, 0.1) is 13.0 Å². The molecule has 1 amide bonds. The molecule has 9 heteroatoms. The Kier molecular flexibility index (Phi) is 5.54. The standard InChI is InChI=1S/C23H23NO7S/c1-3-30-22(27)23(2)20(24-17(25)14-18(24)32(23,28)29)21(26)31-19(15-10-6-4-7-11-15)16-12-8-5-9-13-16/h4-13,18-20H,3,14H2,1-2H3/t18?,20-,23+/m0/s1. The van der Waals surface area contributed by atoms with Gasteiger partial charge in [0.2, 0.25) is 5.91 Å². The molecule has 0 bridgehead atoms. The smallest absolute Gasteiger partial charge is 0.332 e. The number of carbonyl (C=O) groups excluding carboxylic acids is 3. The number of amides is 1. The van der Waals surface area contributed by atoms with Gasteiger partial charge < -0.3 is 14.4 Å². The van der Waals surface area contributed by atoms with Crippen molar-refractivity contribution in [2.75, 3.05) is 6.61 Å². The predicted octanol–water partition coefficient (Wildman–Crippen LogP) is 2.00. The number of nitrogens with zero attached hydrogens (tertiary/aromatic N) is 1. The van der Waals surface area contributed by atoms with Gasteiger partial charge in [0.1, 0.15) is 5.37 Å². The van der Waals surface area contributed by atoms with Crippen LogP contribution in [-0.2, 0) is 33.7 Å². The van der Waals surface area contributed by atoms with Crippen molar-refractivity contribution in [1.29, 1.82) is 0 Å². The second-order valence-electron chi connectivity index (χ2n) is 7.87. The summed E-state index contributed by atoms with van der Waals surface area (Å²) >= 11 is 0. The van der Waals surface area contributed by atoms with Gasteiger partial charge in [-0.15, -0.1) is 0 Å². The molecular formula is C23H23NO7S. The van der Waals surface area contributed by atoms with Crippen molar-refractivity contribution in [1.82, 2.24) is 4.90 Å². The third-order valence-corrected chi connectivity index (χ3v) is 8.72. The van der Waals surface area contributed by atoms with Crippen LogP contribution >= 0.6 is 0 Å². The fourth-order valence-corrected chi connectivity index (χ4v) is 6.56. The highest BCUT2D eigenvalue weighted by atomic mass is 32.2. The Morgan fingerprint density at radius 2 is 1.59 bits per heavy atom. The minimum atomic E-state index is -4.21. The zero-order chi connectivity index (χ0) is 23.1. The Hall–Kier alpha value is -3.20. The van der Waals surface area contributed by atoms with E-state index < -0.39 is 49.9 Å².